The van der Waals surface area contributed by atoms with Crippen LogP contribution in [0.2, 0.25) is 0 Å². The molecule has 1 aromatic rings. The number of hydrogen-bond acceptors (Lipinski definition) is 8. The molecule has 0 saturated carbocycles. The van der Waals surface area contributed by atoms with Crippen LogP contribution in [-0.4, -0.2) is 53.5 Å². The second kappa shape index (κ2) is 30.8. The molecule has 13 nitrogen and oxygen atoms in total. The molecule has 0 aliphatic rings. The van der Waals surface area contributed by atoms with Crippen LogP contribution in [0.4, 0.5) is 23.2 Å². The van der Waals surface area contributed by atoms with E-state index in [9.17, 15) is 36.5 Å². The third-order valence-electron chi connectivity index (χ3n) is 9.10. The van der Waals surface area contributed by atoms with Crippen molar-refractivity contribution in [1.29, 1.82) is 0 Å². The van der Waals surface area contributed by atoms with E-state index in [1.165, 1.54) is 57.8 Å². The van der Waals surface area contributed by atoms with E-state index in [-0.39, 0.29) is 26.0 Å². The molecule has 1 rings (SSSR count). The number of esters is 2. The van der Waals surface area contributed by atoms with E-state index in [0.29, 0.717) is 25.7 Å². The van der Waals surface area contributed by atoms with Gasteiger partial charge in [-0.1, -0.05) is 134 Å². The van der Waals surface area contributed by atoms with Crippen molar-refractivity contribution >= 4 is 31.4 Å². The number of hydrogen-bond donors (Lipinski definition) is 3. The summed E-state index contributed by atoms with van der Waals surface area (Å²) in [5.74, 6) is -10.2. The van der Waals surface area contributed by atoms with Crippen molar-refractivity contribution < 1.29 is 60.3 Å². The molecule has 0 fully saturated rings. The van der Waals surface area contributed by atoms with E-state index in [4.69, 9.17) is 24.8 Å². The number of nitrogens with one attached hydrogen (secondary N) is 1. The predicted molar refractivity (Wildman–Crippen MR) is 203 cm³/mol. The summed E-state index contributed by atoms with van der Waals surface area (Å²) in [6.07, 6.45) is 21.1. The van der Waals surface area contributed by atoms with Gasteiger partial charge in [0.2, 0.25) is 0 Å². The number of nitrogens with zero attached hydrogens (tertiary/aromatic N) is 3. The molecular weight excluding hydrogens is 763 g/mol. The lowest BCUT2D eigenvalue weighted by atomic mass is 10.0. The summed E-state index contributed by atoms with van der Waals surface area (Å²) in [6.45, 7) is 1.24. The second-order valence-electron chi connectivity index (χ2n) is 13.9. The molecular formula is C38H61F4N4O9P. The van der Waals surface area contributed by atoms with Crippen molar-refractivity contribution in [3.63, 3.8) is 0 Å². The number of carbonyl (C=O) groups is 3. The van der Waals surface area contributed by atoms with Gasteiger partial charge >= 0.3 is 19.8 Å². The van der Waals surface area contributed by atoms with Crippen molar-refractivity contribution in [2.75, 3.05) is 19.8 Å². The highest BCUT2D eigenvalue weighted by atomic mass is 31.2. The summed E-state index contributed by atoms with van der Waals surface area (Å²) in [4.78, 5) is 57.0. The van der Waals surface area contributed by atoms with E-state index in [1.807, 2.05) is 0 Å². The SMILES string of the molecule is CCCCCCCCCCCCCCCC(=O)OC[C@H](COP(=O)(O)O)OC(=O)CCCCCCCCCCCNC(=O)c1c(F)c(F)c(N=[N+]=[N-])c(F)c1F. The van der Waals surface area contributed by atoms with Gasteiger partial charge < -0.3 is 24.6 Å². The first-order valence-corrected chi connectivity index (χ1v) is 21.6. The molecule has 0 spiro atoms. The molecule has 0 unspecified atom stereocenters. The molecule has 18 heteroatoms. The molecule has 56 heavy (non-hydrogen) atoms. The predicted octanol–water partition coefficient (Wildman–Crippen LogP) is 10.9. The second-order valence-corrected chi connectivity index (χ2v) is 15.2. The average Bonchev–Trinajstić information content (AvgIpc) is 3.15. The molecule has 1 amide bonds. The van der Waals surface area contributed by atoms with E-state index in [1.54, 1.807) is 0 Å². The molecule has 0 radical (unpaired) electrons. The topological polar surface area (TPSA) is 197 Å². The van der Waals surface area contributed by atoms with Gasteiger partial charge in [-0.15, -0.1) is 0 Å². The minimum absolute atomic E-state index is 0.0172. The van der Waals surface area contributed by atoms with Crippen LogP contribution in [0.15, 0.2) is 5.11 Å². The zero-order chi connectivity index (χ0) is 41.6. The Morgan fingerprint density at radius 3 is 1.55 bits per heavy atom. The number of phosphoric ester groups is 1. The molecule has 0 heterocycles. The van der Waals surface area contributed by atoms with Crippen molar-refractivity contribution in [1.82, 2.24) is 5.32 Å². The van der Waals surface area contributed by atoms with Gasteiger partial charge in [-0.3, -0.25) is 18.9 Å². The Bertz CT molecular complexity index is 1380. The first-order chi connectivity index (χ1) is 26.8. The molecule has 1 aromatic carbocycles. The Kier molecular flexibility index (Phi) is 28.0. The normalized spacial score (nSPS) is 11.9. The van der Waals surface area contributed by atoms with E-state index in [2.05, 4.69) is 26.8 Å². The molecule has 0 bridgehead atoms. The average molecular weight is 825 g/mol. The number of benzene rings is 1. The molecule has 0 aliphatic heterocycles. The van der Waals surface area contributed by atoms with Gasteiger partial charge in [0.25, 0.3) is 5.91 Å². The molecule has 0 aromatic heterocycles. The molecule has 0 aliphatic carbocycles. The van der Waals surface area contributed by atoms with Crippen LogP contribution in [0.5, 0.6) is 0 Å². The zero-order valence-corrected chi connectivity index (χ0v) is 33.6. The van der Waals surface area contributed by atoms with E-state index < -0.39 is 72.9 Å². The number of halogens is 4. The Morgan fingerprint density at radius 1 is 0.679 bits per heavy atom. The van der Waals surface area contributed by atoms with Crippen LogP contribution in [0.1, 0.15) is 171 Å². The fourth-order valence-electron chi connectivity index (χ4n) is 5.96. The summed E-state index contributed by atoms with van der Waals surface area (Å²) in [6, 6.07) is 0. The van der Waals surface area contributed by atoms with Crippen LogP contribution >= 0.6 is 7.82 Å². The van der Waals surface area contributed by atoms with Crippen LogP contribution < -0.4 is 5.32 Å². The zero-order valence-electron chi connectivity index (χ0n) is 32.7. The highest BCUT2D eigenvalue weighted by molar-refractivity contribution is 7.46. The Hall–Kier alpha value is -3.23. The maximum absolute atomic E-state index is 14.1. The summed E-state index contributed by atoms with van der Waals surface area (Å²) in [5, 5.41) is 4.81. The number of rotatable bonds is 34. The van der Waals surface area contributed by atoms with Crippen LogP contribution in [-0.2, 0) is 28.2 Å². The van der Waals surface area contributed by atoms with Crippen molar-refractivity contribution in [3.05, 3.63) is 39.3 Å². The molecule has 320 valence electrons. The Morgan fingerprint density at radius 2 is 1.11 bits per heavy atom. The standard InChI is InChI=1S/C38H61F4N4O9P/c1-2-3-4-5-6-7-8-9-10-12-15-18-21-24-30(47)53-27-29(28-54-56(50,51)52)55-31(48)25-22-19-16-13-11-14-17-20-23-26-44-38(49)32-33(39)35(41)37(45-46-43)36(42)34(32)40/h29H,2-28H2,1H3,(H,44,49)(H2,50,51,52)/t29-/m1/s1. The lowest BCUT2D eigenvalue weighted by molar-refractivity contribution is -0.161. The Labute approximate surface area is 327 Å². The van der Waals surface area contributed by atoms with Crippen molar-refractivity contribution in [2.45, 2.75) is 167 Å². The summed E-state index contributed by atoms with van der Waals surface area (Å²) in [5.41, 5.74) is 5.38. The highest BCUT2D eigenvalue weighted by Crippen LogP contribution is 2.36. The fraction of sp³-hybridized carbons (Fsp3) is 0.763. The maximum atomic E-state index is 14.1. The number of amides is 1. The van der Waals surface area contributed by atoms with Crippen LogP contribution in [0.3, 0.4) is 0 Å². The van der Waals surface area contributed by atoms with Gasteiger partial charge in [-0.25, -0.2) is 22.1 Å². The van der Waals surface area contributed by atoms with Gasteiger partial charge in [-0.05, 0) is 24.8 Å². The van der Waals surface area contributed by atoms with Gasteiger partial charge in [-0.2, -0.15) is 0 Å². The largest absolute Gasteiger partial charge is 0.469 e. The van der Waals surface area contributed by atoms with E-state index in [0.717, 1.165) is 57.8 Å². The first kappa shape index (κ1) is 50.8. The van der Waals surface area contributed by atoms with Crippen molar-refractivity contribution in [3.8, 4) is 0 Å². The smallest absolute Gasteiger partial charge is 0.462 e. The minimum Gasteiger partial charge on any atom is -0.462 e. The van der Waals surface area contributed by atoms with Crippen LogP contribution in [0.25, 0.3) is 10.4 Å². The number of carbonyl (C=O) groups excluding carboxylic acids is 3. The summed E-state index contributed by atoms with van der Waals surface area (Å²) in [7, 11) is -4.84. The number of unbranched alkanes of at least 4 members (excludes halogenated alkanes) is 20. The number of ether oxygens (including phenoxy) is 2. The van der Waals surface area contributed by atoms with Gasteiger partial charge in [0.05, 0.1) is 6.61 Å². The number of azide groups is 1. The monoisotopic (exact) mass is 824 g/mol. The van der Waals surface area contributed by atoms with Crippen LogP contribution in [0, 0.1) is 23.3 Å². The highest BCUT2D eigenvalue weighted by Gasteiger charge is 2.29. The minimum atomic E-state index is -4.84. The summed E-state index contributed by atoms with van der Waals surface area (Å²) < 4.78 is 82.2. The third kappa shape index (κ3) is 23.7. The molecule has 3 N–H and O–H groups in total. The Balaban J connectivity index is 2.18. The van der Waals surface area contributed by atoms with Gasteiger partial charge in [0.15, 0.2) is 29.4 Å². The molecule has 0 saturated heterocycles. The third-order valence-corrected chi connectivity index (χ3v) is 9.58. The van der Waals surface area contributed by atoms with E-state index >= 15 is 0 Å². The van der Waals surface area contributed by atoms with Gasteiger partial charge in [0.1, 0.15) is 17.9 Å². The summed E-state index contributed by atoms with van der Waals surface area (Å²) >= 11 is 0. The lowest BCUT2D eigenvalue weighted by Crippen LogP contribution is -2.29. The molecule has 1 atom stereocenters. The lowest BCUT2D eigenvalue weighted by Gasteiger charge is -2.18. The first-order valence-electron chi connectivity index (χ1n) is 20.1. The fourth-order valence-corrected chi connectivity index (χ4v) is 6.32. The maximum Gasteiger partial charge on any atom is 0.469 e. The van der Waals surface area contributed by atoms with Gasteiger partial charge in [0, 0.05) is 24.3 Å². The quantitative estimate of drug-likeness (QED) is 0.00884. The van der Waals surface area contributed by atoms with Crippen molar-refractivity contribution in [2.24, 2.45) is 5.11 Å². The number of phosphoric acid groups is 1.